The van der Waals surface area contributed by atoms with Gasteiger partial charge in [0.1, 0.15) is 0 Å². The second-order valence-electron chi connectivity index (χ2n) is 5.13. The van der Waals surface area contributed by atoms with Gasteiger partial charge in [0.05, 0.1) is 0 Å². The van der Waals surface area contributed by atoms with Crippen molar-refractivity contribution in [3.8, 4) is 0 Å². The van der Waals surface area contributed by atoms with Gasteiger partial charge in [-0.3, -0.25) is 4.99 Å². The van der Waals surface area contributed by atoms with Crippen LogP contribution in [-0.4, -0.2) is 12.3 Å². The molecule has 2 aliphatic rings. The predicted octanol–water partition coefficient (Wildman–Crippen LogP) is 3.83. The normalized spacial score (nSPS) is 27.8. The highest BCUT2D eigenvalue weighted by Gasteiger charge is 2.21. The number of rotatable bonds is 3. The van der Waals surface area contributed by atoms with Gasteiger partial charge in [-0.15, -0.1) is 0 Å². The molecule has 2 saturated carbocycles. The molecule has 0 spiro atoms. The molecule has 0 N–H and O–H groups in total. The van der Waals surface area contributed by atoms with Crippen molar-refractivity contribution in [1.29, 1.82) is 0 Å². The largest absolute Gasteiger partial charge is 0.294 e. The SMILES string of the molecule is C[C@H](N=CC1CCCC1)C1CCCC1. The lowest BCUT2D eigenvalue weighted by Gasteiger charge is -2.14. The smallest absolute Gasteiger partial charge is 0.0495 e. The summed E-state index contributed by atoms with van der Waals surface area (Å²) >= 11 is 0. The first-order valence-corrected chi connectivity index (χ1v) is 6.39. The van der Waals surface area contributed by atoms with Crippen LogP contribution in [0.15, 0.2) is 4.99 Å². The van der Waals surface area contributed by atoms with Gasteiger partial charge in [0.25, 0.3) is 0 Å². The fourth-order valence-corrected chi connectivity index (χ4v) is 2.93. The molecule has 2 fully saturated rings. The Hall–Kier alpha value is -0.330. The summed E-state index contributed by atoms with van der Waals surface area (Å²) in [5.74, 6) is 1.71. The van der Waals surface area contributed by atoms with E-state index in [4.69, 9.17) is 4.99 Å². The molecule has 0 bridgehead atoms. The lowest BCUT2D eigenvalue weighted by atomic mass is 10.0. The van der Waals surface area contributed by atoms with Crippen molar-refractivity contribution in [1.82, 2.24) is 0 Å². The van der Waals surface area contributed by atoms with Gasteiger partial charge in [-0.05, 0) is 44.4 Å². The molecule has 0 aromatic carbocycles. The van der Waals surface area contributed by atoms with E-state index in [1.165, 1.54) is 51.4 Å². The van der Waals surface area contributed by atoms with Crippen LogP contribution in [-0.2, 0) is 0 Å². The molecule has 1 atom stereocenters. The Morgan fingerprint density at radius 1 is 1.00 bits per heavy atom. The van der Waals surface area contributed by atoms with Crippen LogP contribution in [0.4, 0.5) is 0 Å². The summed E-state index contributed by atoms with van der Waals surface area (Å²) in [6.45, 7) is 2.31. The predicted molar refractivity (Wildman–Crippen MR) is 61.9 cm³/mol. The highest BCUT2D eigenvalue weighted by molar-refractivity contribution is 5.61. The van der Waals surface area contributed by atoms with Crippen molar-refractivity contribution >= 4 is 6.21 Å². The van der Waals surface area contributed by atoms with Gasteiger partial charge in [0.15, 0.2) is 0 Å². The van der Waals surface area contributed by atoms with E-state index in [0.717, 1.165) is 11.8 Å². The number of hydrogen-bond donors (Lipinski definition) is 0. The molecule has 14 heavy (non-hydrogen) atoms. The zero-order valence-electron chi connectivity index (χ0n) is 9.41. The van der Waals surface area contributed by atoms with Crippen LogP contribution in [0.25, 0.3) is 0 Å². The molecule has 2 rings (SSSR count). The van der Waals surface area contributed by atoms with Gasteiger partial charge in [-0.25, -0.2) is 0 Å². The van der Waals surface area contributed by atoms with Crippen LogP contribution >= 0.6 is 0 Å². The molecular formula is C13H23N. The molecule has 1 heteroatoms. The zero-order valence-corrected chi connectivity index (χ0v) is 9.41. The summed E-state index contributed by atoms with van der Waals surface area (Å²) in [5.41, 5.74) is 0. The average Bonchev–Trinajstić information content (AvgIpc) is 2.87. The van der Waals surface area contributed by atoms with E-state index in [2.05, 4.69) is 13.1 Å². The lowest BCUT2D eigenvalue weighted by molar-refractivity contribution is 0.459. The molecule has 0 aromatic rings. The van der Waals surface area contributed by atoms with E-state index in [1.807, 2.05) is 0 Å². The fourth-order valence-electron chi connectivity index (χ4n) is 2.93. The van der Waals surface area contributed by atoms with Crippen molar-refractivity contribution in [3.05, 3.63) is 0 Å². The summed E-state index contributed by atoms with van der Waals surface area (Å²) < 4.78 is 0. The van der Waals surface area contributed by atoms with Crippen molar-refractivity contribution in [2.75, 3.05) is 0 Å². The standard InChI is InChI=1S/C13H23N/c1-11(13-8-4-5-9-13)14-10-12-6-2-3-7-12/h10-13H,2-9H2,1H3/t11-/m0/s1. The van der Waals surface area contributed by atoms with Crippen molar-refractivity contribution in [3.63, 3.8) is 0 Å². The van der Waals surface area contributed by atoms with E-state index in [1.54, 1.807) is 0 Å². The van der Waals surface area contributed by atoms with Crippen LogP contribution < -0.4 is 0 Å². The molecule has 0 aromatic heterocycles. The minimum Gasteiger partial charge on any atom is -0.294 e. The van der Waals surface area contributed by atoms with E-state index < -0.39 is 0 Å². The number of nitrogens with zero attached hydrogens (tertiary/aromatic N) is 1. The first kappa shape index (κ1) is 10.2. The van der Waals surface area contributed by atoms with Crippen molar-refractivity contribution < 1.29 is 0 Å². The van der Waals surface area contributed by atoms with Gasteiger partial charge in [-0.1, -0.05) is 25.7 Å². The van der Waals surface area contributed by atoms with Gasteiger partial charge in [0, 0.05) is 12.3 Å². The molecule has 80 valence electrons. The summed E-state index contributed by atoms with van der Waals surface area (Å²) in [6.07, 6.45) is 13.6. The monoisotopic (exact) mass is 193 g/mol. The third-order valence-electron chi connectivity index (χ3n) is 4.01. The molecule has 0 unspecified atom stereocenters. The molecule has 0 heterocycles. The second-order valence-corrected chi connectivity index (χ2v) is 5.13. The summed E-state index contributed by atoms with van der Waals surface area (Å²) in [4.78, 5) is 4.76. The van der Waals surface area contributed by atoms with Crippen LogP contribution in [0.2, 0.25) is 0 Å². The number of aliphatic imine (C=N–C) groups is 1. The van der Waals surface area contributed by atoms with E-state index >= 15 is 0 Å². The van der Waals surface area contributed by atoms with Gasteiger partial charge in [-0.2, -0.15) is 0 Å². The summed E-state index contributed by atoms with van der Waals surface area (Å²) in [7, 11) is 0. The maximum absolute atomic E-state index is 4.76. The molecular weight excluding hydrogens is 170 g/mol. The Morgan fingerprint density at radius 3 is 2.21 bits per heavy atom. The van der Waals surface area contributed by atoms with Crippen molar-refractivity contribution in [2.45, 2.75) is 64.3 Å². The Balaban J connectivity index is 1.77. The maximum Gasteiger partial charge on any atom is 0.0495 e. The first-order valence-electron chi connectivity index (χ1n) is 6.39. The molecule has 0 amide bonds. The highest BCUT2D eigenvalue weighted by Crippen LogP contribution is 2.29. The summed E-state index contributed by atoms with van der Waals surface area (Å²) in [6, 6.07) is 0.595. The van der Waals surface area contributed by atoms with Crippen LogP contribution in [0, 0.1) is 11.8 Å². The van der Waals surface area contributed by atoms with E-state index in [0.29, 0.717) is 6.04 Å². The molecule has 2 aliphatic carbocycles. The van der Waals surface area contributed by atoms with Crippen LogP contribution in [0.1, 0.15) is 58.3 Å². The van der Waals surface area contributed by atoms with Crippen LogP contribution in [0.5, 0.6) is 0 Å². The minimum absolute atomic E-state index is 0.595. The van der Waals surface area contributed by atoms with Gasteiger partial charge < -0.3 is 0 Å². The Labute approximate surface area is 88.0 Å². The fraction of sp³-hybridized carbons (Fsp3) is 0.923. The van der Waals surface area contributed by atoms with Gasteiger partial charge in [0.2, 0.25) is 0 Å². The van der Waals surface area contributed by atoms with Crippen LogP contribution in [0.3, 0.4) is 0 Å². The maximum atomic E-state index is 4.76. The topological polar surface area (TPSA) is 12.4 Å². The molecule has 1 nitrogen and oxygen atoms in total. The quantitative estimate of drug-likeness (QED) is 0.604. The van der Waals surface area contributed by atoms with E-state index in [-0.39, 0.29) is 0 Å². The van der Waals surface area contributed by atoms with Crippen molar-refractivity contribution in [2.24, 2.45) is 16.8 Å². The molecule has 0 aliphatic heterocycles. The molecule has 0 saturated heterocycles. The second kappa shape index (κ2) is 4.95. The summed E-state index contributed by atoms with van der Waals surface area (Å²) in [5, 5.41) is 0. The number of hydrogen-bond acceptors (Lipinski definition) is 1. The Morgan fingerprint density at radius 2 is 1.57 bits per heavy atom. The van der Waals surface area contributed by atoms with Gasteiger partial charge >= 0.3 is 0 Å². The molecule has 0 radical (unpaired) electrons. The third kappa shape index (κ3) is 2.59. The van der Waals surface area contributed by atoms with E-state index in [9.17, 15) is 0 Å². The first-order chi connectivity index (χ1) is 6.86. The minimum atomic E-state index is 0.595. The Bertz CT molecular complexity index is 185. The average molecular weight is 193 g/mol. The zero-order chi connectivity index (χ0) is 9.80. The lowest BCUT2D eigenvalue weighted by Crippen LogP contribution is -2.12. The Kier molecular flexibility index (Phi) is 3.61. The third-order valence-corrected chi connectivity index (χ3v) is 4.01. The highest BCUT2D eigenvalue weighted by atomic mass is 14.8.